The van der Waals surface area contributed by atoms with E-state index in [1.165, 1.54) is 0 Å². The van der Waals surface area contributed by atoms with Gasteiger partial charge in [-0.15, -0.1) is 11.6 Å². The fourth-order valence-corrected chi connectivity index (χ4v) is 2.77. The maximum Gasteiger partial charge on any atom is 0.235 e. The number of likely N-dealkylation sites (tertiary alicyclic amines) is 1. The number of benzene rings is 1. The molecule has 1 saturated heterocycles. The van der Waals surface area contributed by atoms with Gasteiger partial charge >= 0.3 is 0 Å². The van der Waals surface area contributed by atoms with Gasteiger partial charge in [0.15, 0.2) is 0 Å². The van der Waals surface area contributed by atoms with Crippen LogP contribution in [0.4, 0.5) is 0 Å². The lowest BCUT2D eigenvalue weighted by Gasteiger charge is -2.32. The molecule has 0 bridgehead atoms. The molecule has 23 heavy (non-hydrogen) atoms. The fraction of sp³-hybridized carbons (Fsp3) is 0.529. The van der Waals surface area contributed by atoms with Gasteiger partial charge in [0.1, 0.15) is 11.6 Å². The number of halogens is 1. The molecule has 1 aliphatic rings. The molecular formula is C17H23ClN2O3. The number of rotatable bonds is 6. The van der Waals surface area contributed by atoms with E-state index < -0.39 is 0 Å². The summed E-state index contributed by atoms with van der Waals surface area (Å²) in [7, 11) is 0. The zero-order valence-corrected chi connectivity index (χ0v) is 14.1. The molecule has 0 atom stereocenters. The van der Waals surface area contributed by atoms with Gasteiger partial charge in [-0.2, -0.15) is 0 Å². The highest BCUT2D eigenvalue weighted by atomic mass is 35.5. The molecule has 6 heteroatoms. The third-order valence-corrected chi connectivity index (χ3v) is 4.17. The number of carbonyl (C=O) groups is 2. The van der Waals surface area contributed by atoms with Crippen LogP contribution in [0.25, 0.3) is 0 Å². The first-order chi connectivity index (χ1) is 11.1. The molecule has 1 N–H and O–H groups in total. The molecule has 1 aromatic carbocycles. The van der Waals surface area contributed by atoms with E-state index >= 15 is 0 Å². The van der Waals surface area contributed by atoms with Crippen molar-refractivity contribution >= 4 is 23.4 Å². The summed E-state index contributed by atoms with van der Waals surface area (Å²) in [6.45, 7) is 3.91. The van der Waals surface area contributed by atoms with Gasteiger partial charge in [0.2, 0.25) is 11.8 Å². The molecule has 1 heterocycles. The van der Waals surface area contributed by atoms with Crippen molar-refractivity contribution in [2.24, 2.45) is 0 Å². The summed E-state index contributed by atoms with van der Waals surface area (Å²) < 4.78 is 5.40. The lowest BCUT2D eigenvalue weighted by Crippen LogP contribution is -2.47. The Kier molecular flexibility index (Phi) is 6.71. The predicted molar refractivity (Wildman–Crippen MR) is 89.8 cm³/mol. The van der Waals surface area contributed by atoms with E-state index in [1.807, 2.05) is 36.1 Å². The third-order valence-electron chi connectivity index (χ3n) is 3.92. The number of nitrogens with one attached hydrogen (secondary N) is 1. The average Bonchev–Trinajstić information content (AvgIpc) is 2.57. The molecule has 2 rings (SSSR count). The monoisotopic (exact) mass is 338 g/mol. The van der Waals surface area contributed by atoms with Crippen LogP contribution >= 0.6 is 11.6 Å². The minimum atomic E-state index is -0.147. The van der Waals surface area contributed by atoms with Crippen LogP contribution in [0.5, 0.6) is 5.75 Å². The van der Waals surface area contributed by atoms with Crippen molar-refractivity contribution in [2.45, 2.75) is 32.2 Å². The van der Waals surface area contributed by atoms with Gasteiger partial charge in [0.25, 0.3) is 0 Å². The first-order valence-electron chi connectivity index (χ1n) is 7.97. The number of piperidine rings is 1. The Morgan fingerprint density at radius 2 is 1.91 bits per heavy atom. The molecule has 126 valence electrons. The van der Waals surface area contributed by atoms with Crippen molar-refractivity contribution in [2.75, 3.05) is 25.6 Å². The predicted octanol–water partition coefficient (Wildman–Crippen LogP) is 1.97. The molecular weight excluding hydrogens is 316 g/mol. The van der Waals surface area contributed by atoms with E-state index in [0.717, 1.165) is 24.2 Å². The molecule has 0 unspecified atom stereocenters. The highest BCUT2D eigenvalue weighted by molar-refractivity contribution is 6.27. The topological polar surface area (TPSA) is 58.6 Å². The Morgan fingerprint density at radius 3 is 2.48 bits per heavy atom. The van der Waals surface area contributed by atoms with Gasteiger partial charge in [-0.25, -0.2) is 0 Å². The third kappa shape index (κ3) is 5.43. The Bertz CT molecular complexity index is 525. The lowest BCUT2D eigenvalue weighted by molar-refractivity contribution is -0.131. The number of carbonyl (C=O) groups excluding carboxylic acids is 2. The summed E-state index contributed by atoms with van der Waals surface area (Å²) >= 11 is 5.49. The van der Waals surface area contributed by atoms with Crippen LogP contribution < -0.4 is 10.1 Å². The zero-order chi connectivity index (χ0) is 16.7. The smallest absolute Gasteiger partial charge is 0.235 e. The van der Waals surface area contributed by atoms with Crippen molar-refractivity contribution in [1.29, 1.82) is 0 Å². The number of alkyl halides is 1. The van der Waals surface area contributed by atoms with E-state index in [9.17, 15) is 9.59 Å². The summed E-state index contributed by atoms with van der Waals surface area (Å²) in [4.78, 5) is 25.5. The highest BCUT2D eigenvalue weighted by Crippen LogP contribution is 2.15. The maximum atomic E-state index is 12.3. The SMILES string of the molecule is CCOc1ccc(CC(=O)N2CCC(NC(=O)CCl)CC2)cc1. The maximum absolute atomic E-state index is 12.3. The van der Waals surface area contributed by atoms with Gasteiger partial charge in [-0.3, -0.25) is 9.59 Å². The Morgan fingerprint density at radius 1 is 1.26 bits per heavy atom. The normalized spacial score (nSPS) is 15.3. The molecule has 1 aromatic rings. The Hall–Kier alpha value is -1.75. The zero-order valence-electron chi connectivity index (χ0n) is 13.4. The summed E-state index contributed by atoms with van der Waals surface area (Å²) in [6, 6.07) is 7.75. The molecule has 0 radical (unpaired) electrons. The van der Waals surface area contributed by atoms with Crippen LogP contribution in [0.15, 0.2) is 24.3 Å². The second kappa shape index (κ2) is 8.77. The number of nitrogens with zero attached hydrogens (tertiary/aromatic N) is 1. The molecule has 0 saturated carbocycles. The van der Waals surface area contributed by atoms with Crippen molar-refractivity contribution in [3.63, 3.8) is 0 Å². The van der Waals surface area contributed by atoms with Gasteiger partial charge in [0, 0.05) is 19.1 Å². The minimum absolute atomic E-state index is 0.0170. The molecule has 0 aromatic heterocycles. The molecule has 5 nitrogen and oxygen atoms in total. The van der Waals surface area contributed by atoms with Crippen LogP contribution in [0.3, 0.4) is 0 Å². The molecule has 0 spiro atoms. The summed E-state index contributed by atoms with van der Waals surface area (Å²) in [5.41, 5.74) is 0.982. The molecule has 1 fully saturated rings. The standard InChI is InChI=1S/C17H23ClN2O3/c1-2-23-15-5-3-13(4-6-15)11-17(22)20-9-7-14(8-10-20)19-16(21)12-18/h3-6,14H,2,7-12H2,1H3,(H,19,21). The van der Waals surface area contributed by atoms with Crippen LogP contribution in [0.2, 0.25) is 0 Å². The van der Waals surface area contributed by atoms with Crippen molar-refractivity contribution < 1.29 is 14.3 Å². The van der Waals surface area contributed by atoms with Crippen LogP contribution in [-0.4, -0.2) is 48.3 Å². The van der Waals surface area contributed by atoms with E-state index in [0.29, 0.717) is 26.1 Å². The van der Waals surface area contributed by atoms with Crippen molar-refractivity contribution in [1.82, 2.24) is 10.2 Å². The van der Waals surface area contributed by atoms with Crippen molar-refractivity contribution in [3.05, 3.63) is 29.8 Å². The minimum Gasteiger partial charge on any atom is -0.494 e. The van der Waals surface area contributed by atoms with Crippen molar-refractivity contribution in [3.8, 4) is 5.75 Å². The van der Waals surface area contributed by atoms with Crippen LogP contribution in [-0.2, 0) is 16.0 Å². The second-order valence-corrected chi connectivity index (χ2v) is 5.88. The first kappa shape index (κ1) is 17.6. The van der Waals surface area contributed by atoms with Crippen LogP contribution in [0, 0.1) is 0 Å². The van der Waals surface area contributed by atoms with E-state index in [1.54, 1.807) is 0 Å². The number of amides is 2. The number of ether oxygens (including phenoxy) is 1. The molecule has 0 aliphatic carbocycles. The van der Waals surface area contributed by atoms with Gasteiger partial charge in [-0.05, 0) is 37.5 Å². The van der Waals surface area contributed by atoms with Gasteiger partial charge < -0.3 is 15.0 Å². The van der Waals surface area contributed by atoms with Crippen LogP contribution in [0.1, 0.15) is 25.3 Å². The van der Waals surface area contributed by atoms with Gasteiger partial charge in [-0.1, -0.05) is 12.1 Å². The summed E-state index contributed by atoms with van der Waals surface area (Å²) in [5.74, 6) is 0.776. The molecule has 2 amide bonds. The fourth-order valence-electron chi connectivity index (χ4n) is 2.70. The quantitative estimate of drug-likeness (QED) is 0.807. The highest BCUT2D eigenvalue weighted by Gasteiger charge is 2.23. The number of hydrogen-bond acceptors (Lipinski definition) is 3. The summed E-state index contributed by atoms with van der Waals surface area (Å²) in [6.07, 6.45) is 1.94. The Balaban J connectivity index is 1.79. The lowest BCUT2D eigenvalue weighted by atomic mass is 10.0. The van der Waals surface area contributed by atoms with E-state index in [4.69, 9.17) is 16.3 Å². The average molecular weight is 339 g/mol. The van der Waals surface area contributed by atoms with E-state index in [2.05, 4.69) is 5.32 Å². The number of hydrogen-bond donors (Lipinski definition) is 1. The molecule has 1 aliphatic heterocycles. The first-order valence-corrected chi connectivity index (χ1v) is 8.50. The van der Waals surface area contributed by atoms with E-state index in [-0.39, 0.29) is 23.7 Å². The summed E-state index contributed by atoms with van der Waals surface area (Å²) in [5, 5.41) is 2.87. The second-order valence-electron chi connectivity index (χ2n) is 5.61. The Labute approximate surface area is 141 Å². The largest absolute Gasteiger partial charge is 0.494 e. The van der Waals surface area contributed by atoms with Gasteiger partial charge in [0.05, 0.1) is 13.0 Å².